The number of hydrogen-bond acceptors (Lipinski definition) is 0. The first-order chi connectivity index (χ1) is 26.1. The molecule has 0 saturated carbocycles. The SMILES string of the molecule is Bc1c(-c2ccc3c(c2)c2ccc(-c4ccccc4)cc2n3-c2ccc(-c3ccccc3)cc2)c(B)c2c3ccccc3n(-c3ccccc3)c2c1B. The van der Waals surface area contributed by atoms with Gasteiger partial charge in [-0.15, -0.1) is 0 Å². The van der Waals surface area contributed by atoms with Crippen molar-refractivity contribution in [2.75, 3.05) is 0 Å². The summed E-state index contributed by atoms with van der Waals surface area (Å²) in [5.74, 6) is 0. The molecule has 0 fully saturated rings. The monoisotopic (exact) mass is 672 g/mol. The van der Waals surface area contributed by atoms with Gasteiger partial charge in [0.2, 0.25) is 0 Å². The van der Waals surface area contributed by atoms with Crippen molar-refractivity contribution in [1.82, 2.24) is 9.13 Å². The molecule has 0 aliphatic carbocycles. The summed E-state index contributed by atoms with van der Waals surface area (Å²) >= 11 is 0. The first-order valence-electron chi connectivity index (χ1n) is 18.4. The third-order valence-electron chi connectivity index (χ3n) is 11.3. The van der Waals surface area contributed by atoms with Gasteiger partial charge >= 0.3 is 0 Å². The summed E-state index contributed by atoms with van der Waals surface area (Å²) in [7, 11) is 6.92. The van der Waals surface area contributed by atoms with E-state index < -0.39 is 0 Å². The molecule has 0 amide bonds. The van der Waals surface area contributed by atoms with E-state index in [1.165, 1.54) is 99.1 Å². The van der Waals surface area contributed by atoms with Crippen LogP contribution in [-0.2, 0) is 0 Å². The van der Waals surface area contributed by atoms with E-state index in [4.69, 9.17) is 0 Å². The van der Waals surface area contributed by atoms with Gasteiger partial charge < -0.3 is 9.13 Å². The Labute approximate surface area is 312 Å². The summed E-state index contributed by atoms with van der Waals surface area (Å²) in [6.45, 7) is 0. The van der Waals surface area contributed by atoms with Crippen molar-refractivity contribution in [2.45, 2.75) is 0 Å². The van der Waals surface area contributed by atoms with E-state index in [1.807, 2.05) is 0 Å². The Bertz CT molecular complexity index is 3000. The van der Waals surface area contributed by atoms with E-state index in [2.05, 4.69) is 209 Å². The highest BCUT2D eigenvalue weighted by Gasteiger charge is 2.22. The Hall–Kier alpha value is -6.45. The highest BCUT2D eigenvalue weighted by molar-refractivity contribution is 6.60. The van der Waals surface area contributed by atoms with E-state index in [9.17, 15) is 0 Å². The van der Waals surface area contributed by atoms with Gasteiger partial charge in [-0.05, 0) is 81.9 Å². The summed E-state index contributed by atoms with van der Waals surface area (Å²) in [6.07, 6.45) is 0. The number of aromatic nitrogens is 2. The number of hydrogen-bond donors (Lipinski definition) is 0. The molecule has 0 unspecified atom stereocenters. The van der Waals surface area contributed by atoms with Crippen LogP contribution in [0.5, 0.6) is 0 Å². The van der Waals surface area contributed by atoms with Crippen LogP contribution < -0.4 is 16.4 Å². The fraction of sp³-hybridized carbons (Fsp3) is 0. The lowest BCUT2D eigenvalue weighted by Crippen LogP contribution is -2.35. The Morgan fingerprint density at radius 3 is 1.58 bits per heavy atom. The molecule has 246 valence electrons. The summed E-state index contributed by atoms with van der Waals surface area (Å²) in [4.78, 5) is 0. The van der Waals surface area contributed by atoms with Gasteiger partial charge in [0.15, 0.2) is 0 Å². The van der Waals surface area contributed by atoms with Crippen LogP contribution in [-0.4, -0.2) is 32.7 Å². The zero-order valence-corrected chi connectivity index (χ0v) is 30.1. The standard InChI is InChI=1S/C48H35B3N2/c49-45-43(46(50)47(51)48-44(45)38-18-10-11-19-40(38)53(48)35-16-8-3-9-17-35)34-23-27-41-39(28-34)37-26-22-33(31-14-6-2-7-15-31)29-42(37)52(41)36-24-20-32(21-25-36)30-12-4-1-5-13-30/h1-29H,49-51H2. The number of para-hydroxylation sites is 2. The molecule has 0 atom stereocenters. The van der Waals surface area contributed by atoms with Crippen molar-refractivity contribution in [3.05, 3.63) is 176 Å². The summed E-state index contributed by atoms with van der Waals surface area (Å²) in [5, 5.41) is 5.13. The smallest absolute Gasteiger partial charge is 0.141 e. The molecule has 0 aliphatic heterocycles. The minimum atomic E-state index is 1.15. The van der Waals surface area contributed by atoms with Crippen molar-refractivity contribution < 1.29 is 0 Å². The Morgan fingerprint density at radius 2 is 0.868 bits per heavy atom. The van der Waals surface area contributed by atoms with Crippen LogP contribution >= 0.6 is 0 Å². The molecule has 0 saturated heterocycles. The second-order valence-electron chi connectivity index (χ2n) is 14.2. The van der Waals surface area contributed by atoms with Crippen LogP contribution in [0.4, 0.5) is 0 Å². The van der Waals surface area contributed by atoms with Crippen molar-refractivity contribution >= 4 is 83.5 Å². The predicted octanol–water partition coefficient (Wildman–Crippen LogP) is 7.66. The van der Waals surface area contributed by atoms with Gasteiger partial charge in [-0.25, -0.2) is 0 Å². The molecule has 2 nitrogen and oxygen atoms in total. The molecule has 2 heterocycles. The fourth-order valence-corrected chi connectivity index (χ4v) is 8.72. The fourth-order valence-electron chi connectivity index (χ4n) is 8.72. The first-order valence-corrected chi connectivity index (χ1v) is 18.4. The maximum absolute atomic E-state index is 2.45. The van der Waals surface area contributed by atoms with Crippen molar-refractivity contribution in [3.63, 3.8) is 0 Å². The zero-order valence-electron chi connectivity index (χ0n) is 30.1. The lowest BCUT2D eigenvalue weighted by atomic mass is 9.69. The maximum Gasteiger partial charge on any atom is 0.141 e. The number of nitrogens with zero attached hydrogens (tertiary/aromatic N) is 2. The lowest BCUT2D eigenvalue weighted by molar-refractivity contribution is 1.18. The van der Waals surface area contributed by atoms with Gasteiger partial charge in [0.05, 0.1) is 16.6 Å². The molecule has 0 bridgehead atoms. The van der Waals surface area contributed by atoms with Crippen LogP contribution in [0.2, 0.25) is 0 Å². The molecular weight excluding hydrogens is 637 g/mol. The number of benzene rings is 8. The Balaban J connectivity index is 1.21. The van der Waals surface area contributed by atoms with Gasteiger partial charge in [0.1, 0.15) is 23.5 Å². The highest BCUT2D eigenvalue weighted by Crippen LogP contribution is 2.38. The van der Waals surface area contributed by atoms with E-state index in [1.54, 1.807) is 0 Å². The van der Waals surface area contributed by atoms with Crippen LogP contribution in [0.3, 0.4) is 0 Å². The normalized spacial score (nSPS) is 11.6. The largest absolute Gasteiger partial charge is 0.310 e. The molecule has 2 aromatic heterocycles. The average molecular weight is 672 g/mol. The van der Waals surface area contributed by atoms with Crippen molar-refractivity contribution in [1.29, 1.82) is 0 Å². The van der Waals surface area contributed by atoms with Crippen molar-refractivity contribution in [2.24, 2.45) is 0 Å². The predicted molar refractivity (Wildman–Crippen MR) is 236 cm³/mol. The Morgan fingerprint density at radius 1 is 0.321 bits per heavy atom. The third-order valence-corrected chi connectivity index (χ3v) is 11.3. The second kappa shape index (κ2) is 12.4. The van der Waals surface area contributed by atoms with Gasteiger partial charge in [0, 0.05) is 38.4 Å². The van der Waals surface area contributed by atoms with Crippen LogP contribution in [0, 0.1) is 0 Å². The second-order valence-corrected chi connectivity index (χ2v) is 14.2. The third kappa shape index (κ3) is 4.92. The molecule has 0 N–H and O–H groups in total. The molecule has 8 aromatic carbocycles. The molecule has 0 radical (unpaired) electrons. The van der Waals surface area contributed by atoms with E-state index in [0.29, 0.717) is 0 Å². The van der Waals surface area contributed by atoms with Crippen LogP contribution in [0.15, 0.2) is 176 Å². The topological polar surface area (TPSA) is 9.86 Å². The quantitative estimate of drug-likeness (QED) is 0.166. The highest BCUT2D eigenvalue weighted by atomic mass is 15.0. The van der Waals surface area contributed by atoms with Gasteiger partial charge in [-0.3, -0.25) is 0 Å². The number of rotatable bonds is 5. The minimum absolute atomic E-state index is 1.15. The maximum atomic E-state index is 2.45. The van der Waals surface area contributed by atoms with E-state index in [-0.39, 0.29) is 0 Å². The summed E-state index contributed by atoms with van der Waals surface area (Å²) in [6, 6.07) is 64.0. The number of fused-ring (bicyclic) bond motifs is 6. The molecule has 0 spiro atoms. The molecule has 10 rings (SSSR count). The Kier molecular flexibility index (Phi) is 7.30. The average Bonchev–Trinajstić information content (AvgIpc) is 3.74. The van der Waals surface area contributed by atoms with Gasteiger partial charge in [-0.2, -0.15) is 0 Å². The first kappa shape index (κ1) is 31.3. The van der Waals surface area contributed by atoms with Crippen LogP contribution in [0.1, 0.15) is 0 Å². The molecule has 5 heteroatoms. The van der Waals surface area contributed by atoms with Crippen molar-refractivity contribution in [3.8, 4) is 44.8 Å². The molecule has 0 aliphatic rings. The molecule has 10 aromatic rings. The van der Waals surface area contributed by atoms with Gasteiger partial charge in [-0.1, -0.05) is 144 Å². The molecule has 53 heavy (non-hydrogen) atoms. The summed E-state index contributed by atoms with van der Waals surface area (Å²) < 4.78 is 4.89. The lowest BCUT2D eigenvalue weighted by Gasteiger charge is -2.18. The van der Waals surface area contributed by atoms with Gasteiger partial charge in [0.25, 0.3) is 0 Å². The summed E-state index contributed by atoms with van der Waals surface area (Å²) in [5.41, 5.74) is 18.7. The molecular formula is C48H35B3N2. The van der Waals surface area contributed by atoms with E-state index in [0.717, 1.165) is 5.69 Å². The van der Waals surface area contributed by atoms with Crippen LogP contribution in [0.25, 0.3) is 88.4 Å². The minimum Gasteiger partial charge on any atom is -0.310 e. The zero-order chi connectivity index (χ0) is 35.6. The van der Waals surface area contributed by atoms with E-state index >= 15 is 0 Å².